The number of hydrogen-bond donors (Lipinski definition) is 6. The van der Waals surface area contributed by atoms with Crippen LogP contribution in [0, 0.1) is 11.8 Å². The van der Waals surface area contributed by atoms with Crippen molar-refractivity contribution in [2.75, 3.05) is 39.7 Å². The molecule has 0 fully saturated rings. The maximum atomic E-state index is 13.5. The molecule has 1 aromatic rings. The number of nitrogens with two attached hydrogens (primary N) is 1. The molecule has 3 aliphatic rings. The van der Waals surface area contributed by atoms with Gasteiger partial charge >= 0.3 is 10.4 Å². The number of Topliss-reactive ketones (excluding diaryl/α,β-unsaturated/α-hetero) is 2. The number of phenolic OH excluding ortho intramolecular Hbond substituents is 1. The van der Waals surface area contributed by atoms with E-state index in [1.54, 1.807) is 39.2 Å². The summed E-state index contributed by atoms with van der Waals surface area (Å²) in [5.41, 5.74) is 3.02. The minimum Gasteiger partial charge on any atom is -0.510 e. The summed E-state index contributed by atoms with van der Waals surface area (Å²) in [6.45, 7) is 2.31. The molecule has 0 bridgehead atoms. The third-order valence-corrected chi connectivity index (χ3v) is 10.3. The van der Waals surface area contributed by atoms with E-state index in [-0.39, 0.29) is 36.3 Å². The van der Waals surface area contributed by atoms with Crippen LogP contribution in [0.1, 0.15) is 93.5 Å². The van der Waals surface area contributed by atoms with Crippen molar-refractivity contribution in [1.29, 1.82) is 0 Å². The highest BCUT2D eigenvalue weighted by molar-refractivity contribution is 7.80. The number of likely N-dealkylation sites (N-methyl/N-ethyl adjacent to an activating group) is 1. The molecule has 1 aromatic carbocycles. The number of fused-ring (bicyclic) bond motifs is 3. The number of aliphatic hydroxyl groups is 3. The number of allylic oxidation sites excluding steroid dienone is 1. The predicted molar refractivity (Wildman–Crippen MR) is 187 cm³/mol. The maximum absolute atomic E-state index is 13.5. The Balaban J connectivity index is 0.000000338. The van der Waals surface area contributed by atoms with Crippen LogP contribution in [0.15, 0.2) is 34.8 Å². The van der Waals surface area contributed by atoms with Crippen LogP contribution >= 0.6 is 0 Å². The number of nitrogens with zero attached hydrogens (tertiary/aromatic N) is 2. The van der Waals surface area contributed by atoms with Crippen LogP contribution in [0.3, 0.4) is 0 Å². The number of carbonyl (C=O) groups is 3. The molecule has 0 radical (unpaired) electrons. The molecule has 15 heteroatoms. The van der Waals surface area contributed by atoms with Crippen LogP contribution in [0.2, 0.25) is 0 Å². The van der Waals surface area contributed by atoms with Crippen LogP contribution in [0.25, 0.3) is 0 Å². The second-order valence-corrected chi connectivity index (χ2v) is 14.8. The lowest BCUT2D eigenvalue weighted by Crippen LogP contribution is -2.63. The Hall–Kier alpha value is -3.50. The topological polar surface area (TPSA) is 228 Å². The van der Waals surface area contributed by atoms with Crippen molar-refractivity contribution in [2.45, 2.75) is 95.6 Å². The lowest BCUT2D eigenvalue weighted by atomic mass is 9.58. The van der Waals surface area contributed by atoms with E-state index in [4.69, 9.17) is 10.3 Å². The predicted octanol–water partition coefficient (Wildman–Crippen LogP) is 3.91. The van der Waals surface area contributed by atoms with Crippen molar-refractivity contribution >= 4 is 33.6 Å². The second-order valence-electron chi connectivity index (χ2n) is 13.7. The number of ketones is 2. The molecule has 0 spiro atoms. The Bertz CT molecular complexity index is 1600. The van der Waals surface area contributed by atoms with Crippen molar-refractivity contribution in [1.82, 2.24) is 4.90 Å². The summed E-state index contributed by atoms with van der Waals surface area (Å²) >= 11 is 0. The fraction of sp³-hybridized carbons (Fsp3) is 0.629. The van der Waals surface area contributed by atoms with E-state index in [0.717, 1.165) is 18.5 Å². The Morgan fingerprint density at radius 1 is 0.960 bits per heavy atom. The minimum atomic E-state index is -4.23. The molecule has 3 aliphatic carbocycles. The molecule has 0 aromatic heterocycles. The van der Waals surface area contributed by atoms with Gasteiger partial charge in [0.15, 0.2) is 11.4 Å². The molecule has 14 nitrogen and oxygen atoms in total. The first-order valence-electron chi connectivity index (χ1n) is 17.2. The molecular weight excluding hydrogens is 670 g/mol. The average Bonchev–Trinajstić information content (AvgIpc) is 3.01. The standard InChI is InChI=1S/C23H27N3O7.C12H26O4S/c1-25(2)12-5-6-13(27)15-10(12)7-9-8-11-17(26(3)4)19(29)16(22(24)32)21(31)23(11,33)20(30)14(9)18(15)28;1-2-3-4-5-6-7-8-9-10-11-12-16-17(13,14)15/h5-6,9,11,17,27,29-30,33H,7-8H2,1-4H3,(H2,24,32);2-12H2,1H3,(H,13,14,15)/t9-,11-,17-,23-;/m0./s1. The number of unbranched alkanes of at least 4 members (excludes halogenated alkanes) is 9. The van der Waals surface area contributed by atoms with Gasteiger partial charge in [0.2, 0.25) is 5.78 Å². The smallest absolute Gasteiger partial charge is 0.397 e. The monoisotopic (exact) mass is 723 g/mol. The summed E-state index contributed by atoms with van der Waals surface area (Å²) in [6, 6.07) is 2.06. The number of amides is 1. The largest absolute Gasteiger partial charge is 0.510 e. The van der Waals surface area contributed by atoms with E-state index in [2.05, 4.69) is 11.1 Å². The number of anilines is 1. The number of primary amides is 1. The van der Waals surface area contributed by atoms with Gasteiger partial charge in [0.05, 0.1) is 18.2 Å². The Morgan fingerprint density at radius 2 is 1.52 bits per heavy atom. The average molecular weight is 724 g/mol. The number of aromatic hydroxyl groups is 1. The van der Waals surface area contributed by atoms with Crippen molar-refractivity contribution < 1.29 is 52.0 Å². The molecule has 4 rings (SSSR count). The van der Waals surface area contributed by atoms with Crippen LogP contribution < -0.4 is 10.6 Å². The van der Waals surface area contributed by atoms with Crippen LogP contribution in [0.5, 0.6) is 5.75 Å². The van der Waals surface area contributed by atoms with Gasteiger partial charge in [-0.15, -0.1) is 0 Å². The number of phenols is 1. The first kappa shape index (κ1) is 40.9. The minimum absolute atomic E-state index is 0.00184. The Morgan fingerprint density at radius 3 is 2.02 bits per heavy atom. The van der Waals surface area contributed by atoms with Crippen molar-refractivity contribution in [2.24, 2.45) is 17.6 Å². The fourth-order valence-electron chi connectivity index (χ4n) is 7.41. The van der Waals surface area contributed by atoms with Crippen LogP contribution in [-0.4, -0.2) is 102 Å². The molecule has 50 heavy (non-hydrogen) atoms. The van der Waals surface area contributed by atoms with Gasteiger partial charge in [-0.05, 0) is 57.0 Å². The van der Waals surface area contributed by atoms with Gasteiger partial charge in [-0.2, -0.15) is 8.42 Å². The van der Waals surface area contributed by atoms with Gasteiger partial charge in [0.1, 0.15) is 22.8 Å². The summed E-state index contributed by atoms with van der Waals surface area (Å²) in [5, 5.41) is 43.9. The van der Waals surface area contributed by atoms with Gasteiger partial charge in [-0.25, -0.2) is 4.18 Å². The van der Waals surface area contributed by atoms with Gasteiger partial charge in [0, 0.05) is 31.3 Å². The lowest BCUT2D eigenvalue weighted by molar-refractivity contribution is -0.148. The SMILES string of the molecule is CCCCCCCCCCCCOS(=O)(=O)O.CN(C)c1ccc(O)c2c1C[C@H]1C[C@H]3[C@H](N(C)C)C(O)=C(C(N)=O)C(=O)[C@@]3(O)C(O)=C1C2=O. The highest BCUT2D eigenvalue weighted by atomic mass is 32.3. The van der Waals surface area contributed by atoms with Crippen molar-refractivity contribution in [3.8, 4) is 5.75 Å². The number of benzene rings is 1. The molecule has 280 valence electrons. The molecule has 4 atom stereocenters. The Labute approximate surface area is 294 Å². The molecule has 0 aliphatic heterocycles. The van der Waals surface area contributed by atoms with E-state index in [9.17, 15) is 43.2 Å². The molecule has 7 N–H and O–H groups in total. The fourth-order valence-corrected chi connectivity index (χ4v) is 7.74. The quantitative estimate of drug-likeness (QED) is 0.0858. The third-order valence-electron chi connectivity index (χ3n) is 9.79. The summed E-state index contributed by atoms with van der Waals surface area (Å²) < 4.78 is 33.0. The zero-order chi connectivity index (χ0) is 37.6. The second kappa shape index (κ2) is 17.1. The number of carbonyl (C=O) groups excluding carboxylic acids is 3. The maximum Gasteiger partial charge on any atom is 0.397 e. The molecule has 0 saturated carbocycles. The number of rotatable bonds is 15. The van der Waals surface area contributed by atoms with E-state index in [1.165, 1.54) is 55.9 Å². The van der Waals surface area contributed by atoms with Gasteiger partial charge in [0.25, 0.3) is 5.91 Å². The molecular formula is C35H53N3O11S. The highest BCUT2D eigenvalue weighted by Gasteiger charge is 2.63. The molecule has 1 amide bonds. The zero-order valence-corrected chi connectivity index (χ0v) is 30.5. The Kier molecular flexibility index (Phi) is 14.0. The summed E-state index contributed by atoms with van der Waals surface area (Å²) in [7, 11) is 2.55. The third kappa shape index (κ3) is 8.86. The lowest BCUT2D eigenvalue weighted by Gasteiger charge is -2.50. The molecule has 0 heterocycles. The normalized spacial score (nSPS) is 23.2. The van der Waals surface area contributed by atoms with E-state index in [1.807, 2.05) is 0 Å². The highest BCUT2D eigenvalue weighted by Crippen LogP contribution is 2.53. The first-order chi connectivity index (χ1) is 23.4. The van der Waals surface area contributed by atoms with Gasteiger partial charge < -0.3 is 31.1 Å². The molecule has 0 unspecified atom stereocenters. The number of hydrogen-bond acceptors (Lipinski definition) is 12. The van der Waals surface area contributed by atoms with Gasteiger partial charge in [-0.3, -0.25) is 23.8 Å². The first-order valence-corrected chi connectivity index (χ1v) is 18.5. The summed E-state index contributed by atoms with van der Waals surface area (Å²) in [6.07, 6.45) is 12.2. The van der Waals surface area contributed by atoms with E-state index < -0.39 is 68.4 Å². The van der Waals surface area contributed by atoms with Crippen molar-refractivity contribution in [3.05, 3.63) is 45.9 Å². The number of aliphatic hydroxyl groups excluding tert-OH is 2. The van der Waals surface area contributed by atoms with Crippen LogP contribution in [0.4, 0.5) is 5.69 Å². The van der Waals surface area contributed by atoms with Crippen molar-refractivity contribution in [3.63, 3.8) is 0 Å². The molecule has 0 saturated heterocycles. The van der Waals surface area contributed by atoms with Crippen LogP contribution in [-0.2, 0) is 30.6 Å². The van der Waals surface area contributed by atoms with Gasteiger partial charge in [-0.1, -0.05) is 64.7 Å². The summed E-state index contributed by atoms with van der Waals surface area (Å²) in [4.78, 5) is 42.0. The van der Waals surface area contributed by atoms with E-state index in [0.29, 0.717) is 12.0 Å². The zero-order valence-electron chi connectivity index (χ0n) is 29.6. The summed E-state index contributed by atoms with van der Waals surface area (Å²) in [5.74, 6) is -6.53. The van der Waals surface area contributed by atoms with E-state index >= 15 is 0 Å².